The van der Waals surface area contributed by atoms with Gasteiger partial charge in [0.1, 0.15) is 5.75 Å². The van der Waals surface area contributed by atoms with Crippen molar-refractivity contribution in [2.45, 2.75) is 31.3 Å². The molecule has 0 aliphatic carbocycles. The molecule has 6 heteroatoms. The average molecular weight is 442 g/mol. The SMILES string of the molecule is COc1ccc(-c2cc([C@@H]3CN4CC[C@H]3C[C@@H]4CNCc3cccc(C#N)c3)n(C)n2)cc1. The summed E-state index contributed by atoms with van der Waals surface area (Å²) in [5.74, 6) is 2.10. The normalized spacial score (nSPS) is 23.9. The van der Waals surface area contributed by atoms with Crippen molar-refractivity contribution in [3.63, 3.8) is 0 Å². The Hall–Kier alpha value is -3.14. The van der Waals surface area contributed by atoms with Crippen LogP contribution in [0.3, 0.4) is 0 Å². The number of hydrogen-bond donors (Lipinski definition) is 1. The van der Waals surface area contributed by atoms with Crippen molar-refractivity contribution in [3.05, 3.63) is 71.4 Å². The van der Waals surface area contributed by atoms with Crippen molar-refractivity contribution in [2.75, 3.05) is 26.7 Å². The van der Waals surface area contributed by atoms with Gasteiger partial charge in [-0.25, -0.2) is 0 Å². The van der Waals surface area contributed by atoms with E-state index in [0.717, 1.165) is 42.2 Å². The highest BCUT2D eigenvalue weighted by molar-refractivity contribution is 5.60. The van der Waals surface area contributed by atoms with E-state index in [1.807, 2.05) is 30.3 Å². The fraction of sp³-hybridized carbons (Fsp3) is 0.407. The molecule has 6 rings (SSSR count). The Bertz CT molecular complexity index is 1150. The number of fused-ring (bicyclic) bond motifs is 3. The molecule has 0 spiro atoms. The van der Waals surface area contributed by atoms with Gasteiger partial charge in [-0.2, -0.15) is 10.4 Å². The number of hydrogen-bond acceptors (Lipinski definition) is 5. The number of benzene rings is 2. The van der Waals surface area contributed by atoms with E-state index in [2.05, 4.69) is 52.3 Å². The maximum absolute atomic E-state index is 9.10. The van der Waals surface area contributed by atoms with E-state index in [0.29, 0.717) is 17.9 Å². The van der Waals surface area contributed by atoms with Gasteiger partial charge in [-0.05, 0) is 73.3 Å². The van der Waals surface area contributed by atoms with Crippen LogP contribution in [0.1, 0.15) is 35.6 Å². The smallest absolute Gasteiger partial charge is 0.118 e. The second kappa shape index (κ2) is 9.38. The lowest BCUT2D eigenvalue weighted by Gasteiger charge is -2.50. The van der Waals surface area contributed by atoms with Crippen LogP contribution in [-0.2, 0) is 13.6 Å². The van der Waals surface area contributed by atoms with Gasteiger partial charge >= 0.3 is 0 Å². The molecule has 0 radical (unpaired) electrons. The van der Waals surface area contributed by atoms with Crippen molar-refractivity contribution in [3.8, 4) is 23.1 Å². The van der Waals surface area contributed by atoms with Crippen molar-refractivity contribution in [2.24, 2.45) is 13.0 Å². The summed E-state index contributed by atoms with van der Waals surface area (Å²) in [7, 11) is 3.77. The molecule has 1 N–H and O–H groups in total. The lowest BCUT2D eigenvalue weighted by Crippen LogP contribution is -2.55. The van der Waals surface area contributed by atoms with Crippen LogP contribution in [0.2, 0.25) is 0 Å². The van der Waals surface area contributed by atoms with Crippen LogP contribution >= 0.6 is 0 Å². The lowest BCUT2D eigenvalue weighted by molar-refractivity contribution is 0.0282. The maximum atomic E-state index is 9.10. The number of nitriles is 1. The predicted octanol–water partition coefficient (Wildman–Crippen LogP) is 3.93. The Balaban J connectivity index is 1.22. The highest BCUT2D eigenvalue weighted by Crippen LogP contribution is 2.42. The zero-order valence-corrected chi connectivity index (χ0v) is 19.4. The van der Waals surface area contributed by atoms with Gasteiger partial charge in [-0.3, -0.25) is 9.58 Å². The summed E-state index contributed by atoms with van der Waals surface area (Å²) >= 11 is 0. The van der Waals surface area contributed by atoms with Gasteiger partial charge in [-0.1, -0.05) is 12.1 Å². The molecule has 3 fully saturated rings. The van der Waals surface area contributed by atoms with Crippen molar-refractivity contribution in [1.82, 2.24) is 20.0 Å². The molecule has 3 aromatic rings. The van der Waals surface area contributed by atoms with Crippen molar-refractivity contribution >= 4 is 0 Å². The lowest BCUT2D eigenvalue weighted by atomic mass is 9.74. The quantitative estimate of drug-likeness (QED) is 0.602. The molecule has 0 amide bonds. The van der Waals surface area contributed by atoms with Crippen molar-refractivity contribution < 1.29 is 4.74 Å². The summed E-state index contributed by atoms with van der Waals surface area (Å²) in [4.78, 5) is 2.66. The zero-order valence-electron chi connectivity index (χ0n) is 19.4. The van der Waals surface area contributed by atoms with E-state index >= 15 is 0 Å². The second-order valence-corrected chi connectivity index (χ2v) is 9.29. The van der Waals surface area contributed by atoms with Crippen LogP contribution in [-0.4, -0.2) is 47.5 Å². The third kappa shape index (κ3) is 4.52. The number of rotatable bonds is 7. The minimum absolute atomic E-state index is 0.534. The Morgan fingerprint density at radius 1 is 1.18 bits per heavy atom. The first-order chi connectivity index (χ1) is 16.1. The van der Waals surface area contributed by atoms with Gasteiger partial charge in [0.2, 0.25) is 0 Å². The molecule has 3 aliphatic rings. The van der Waals surface area contributed by atoms with Gasteiger partial charge in [0.25, 0.3) is 0 Å². The first-order valence-corrected chi connectivity index (χ1v) is 11.8. The topological polar surface area (TPSA) is 66.1 Å². The van der Waals surface area contributed by atoms with Gasteiger partial charge in [0.05, 0.1) is 24.4 Å². The van der Waals surface area contributed by atoms with Gasteiger partial charge in [0, 0.05) is 49.9 Å². The summed E-state index contributed by atoms with van der Waals surface area (Å²) in [6.45, 7) is 4.08. The molecule has 6 nitrogen and oxygen atoms in total. The van der Waals surface area contributed by atoms with Crippen LogP contribution in [0.5, 0.6) is 5.75 Å². The van der Waals surface area contributed by atoms with E-state index in [1.165, 1.54) is 30.6 Å². The molecule has 0 saturated carbocycles. The van der Waals surface area contributed by atoms with E-state index in [9.17, 15) is 0 Å². The zero-order chi connectivity index (χ0) is 22.8. The number of methoxy groups -OCH3 is 1. The molecule has 4 atom stereocenters. The number of nitrogens with zero attached hydrogens (tertiary/aromatic N) is 4. The third-order valence-corrected chi connectivity index (χ3v) is 7.33. The predicted molar refractivity (Wildman–Crippen MR) is 129 cm³/mol. The number of piperidine rings is 3. The Labute approximate surface area is 195 Å². The minimum Gasteiger partial charge on any atom is -0.497 e. The largest absolute Gasteiger partial charge is 0.497 e. The number of ether oxygens (including phenoxy) is 1. The minimum atomic E-state index is 0.534. The molecule has 2 bridgehead atoms. The molecule has 3 aliphatic heterocycles. The standard InChI is InChI=1S/C27H31N5O/c1-31-27(14-26(30-31)21-6-8-24(33-2)9-7-21)25-18-32-11-10-22(25)13-23(32)17-29-16-20-5-3-4-19(12-20)15-28/h3-9,12,14,22-23,25,29H,10-11,13,16-18H2,1-2H3/t22-,23+,25+/m0/s1. The Kier molecular flexibility index (Phi) is 6.17. The van der Waals surface area contributed by atoms with Crippen LogP contribution in [0.25, 0.3) is 11.3 Å². The average Bonchev–Trinajstić information content (AvgIpc) is 3.26. The van der Waals surface area contributed by atoms with E-state index in [1.54, 1.807) is 7.11 Å². The fourth-order valence-corrected chi connectivity index (χ4v) is 5.55. The Morgan fingerprint density at radius 2 is 2.03 bits per heavy atom. The number of nitrogens with one attached hydrogen (secondary N) is 1. The third-order valence-electron chi connectivity index (χ3n) is 7.33. The molecular weight excluding hydrogens is 410 g/mol. The molecule has 3 saturated heterocycles. The number of aryl methyl sites for hydroxylation is 1. The number of aromatic nitrogens is 2. The molecule has 1 unspecified atom stereocenters. The summed E-state index contributed by atoms with van der Waals surface area (Å²) in [5, 5.41) is 17.6. The molecule has 170 valence electrons. The second-order valence-electron chi connectivity index (χ2n) is 9.29. The first-order valence-electron chi connectivity index (χ1n) is 11.8. The molecule has 2 aromatic carbocycles. The maximum Gasteiger partial charge on any atom is 0.118 e. The Morgan fingerprint density at radius 3 is 2.76 bits per heavy atom. The van der Waals surface area contributed by atoms with E-state index < -0.39 is 0 Å². The molecule has 33 heavy (non-hydrogen) atoms. The molecular formula is C27H31N5O. The van der Waals surface area contributed by atoms with Crippen LogP contribution in [0.4, 0.5) is 0 Å². The van der Waals surface area contributed by atoms with Gasteiger partial charge in [-0.15, -0.1) is 0 Å². The highest BCUT2D eigenvalue weighted by Gasteiger charge is 2.41. The summed E-state index contributed by atoms with van der Waals surface area (Å²) in [5.41, 5.74) is 5.40. The summed E-state index contributed by atoms with van der Waals surface area (Å²) in [6.07, 6.45) is 2.48. The van der Waals surface area contributed by atoms with Crippen molar-refractivity contribution in [1.29, 1.82) is 5.26 Å². The molecule has 4 heterocycles. The van der Waals surface area contributed by atoms with Crippen LogP contribution in [0.15, 0.2) is 54.6 Å². The van der Waals surface area contributed by atoms with E-state index in [-0.39, 0.29) is 0 Å². The van der Waals surface area contributed by atoms with Gasteiger partial charge in [0.15, 0.2) is 0 Å². The van der Waals surface area contributed by atoms with Crippen LogP contribution < -0.4 is 10.1 Å². The van der Waals surface area contributed by atoms with Gasteiger partial charge < -0.3 is 10.1 Å². The first kappa shape index (κ1) is 21.7. The van der Waals surface area contributed by atoms with E-state index in [4.69, 9.17) is 15.1 Å². The fourth-order valence-electron chi connectivity index (χ4n) is 5.55. The molecule has 1 aromatic heterocycles. The summed E-state index contributed by atoms with van der Waals surface area (Å²) in [6, 6.07) is 21.1. The van der Waals surface area contributed by atoms with Crippen LogP contribution in [0, 0.1) is 17.2 Å². The summed E-state index contributed by atoms with van der Waals surface area (Å²) < 4.78 is 7.37. The highest BCUT2D eigenvalue weighted by atomic mass is 16.5. The monoisotopic (exact) mass is 441 g/mol.